The van der Waals surface area contributed by atoms with Gasteiger partial charge in [-0.05, 0) is 38.5 Å². The predicted molar refractivity (Wildman–Crippen MR) is 81.6 cm³/mol. The van der Waals surface area contributed by atoms with Crippen molar-refractivity contribution in [2.45, 2.75) is 38.9 Å². The Kier molecular flexibility index (Phi) is 6.80. The zero-order valence-corrected chi connectivity index (χ0v) is 13.0. The van der Waals surface area contributed by atoms with E-state index in [-0.39, 0.29) is 12.1 Å². The summed E-state index contributed by atoms with van der Waals surface area (Å²) in [7, 11) is 1.72. The fraction of sp³-hybridized carbons (Fsp3) is 0.600. The van der Waals surface area contributed by atoms with Crippen LogP contribution in [0.1, 0.15) is 32.4 Å². The Labute approximate surface area is 121 Å². The number of nitrogens with two attached hydrogens (primary N) is 1. The van der Waals surface area contributed by atoms with Crippen LogP contribution in [0.2, 0.25) is 5.02 Å². The van der Waals surface area contributed by atoms with Crippen LogP contribution in [-0.2, 0) is 4.74 Å². The normalized spacial score (nSPS) is 14.9. The number of hydrogen-bond donors (Lipinski definition) is 1. The molecule has 0 aromatic heterocycles. The second kappa shape index (κ2) is 7.85. The Balaban J connectivity index is 2.99. The van der Waals surface area contributed by atoms with Gasteiger partial charge in [0.25, 0.3) is 0 Å². The summed E-state index contributed by atoms with van der Waals surface area (Å²) in [6.45, 7) is 7.97. The van der Waals surface area contributed by atoms with Crippen LogP contribution in [0.5, 0.6) is 0 Å². The topological polar surface area (TPSA) is 38.5 Å². The molecule has 0 saturated heterocycles. The van der Waals surface area contributed by atoms with Crippen molar-refractivity contribution in [2.24, 2.45) is 5.73 Å². The van der Waals surface area contributed by atoms with Crippen molar-refractivity contribution >= 4 is 11.6 Å². The van der Waals surface area contributed by atoms with Crippen LogP contribution in [-0.4, -0.2) is 37.2 Å². The minimum absolute atomic E-state index is 0.0421. The molecular weight excluding hydrogens is 260 g/mol. The second-order valence-electron chi connectivity index (χ2n) is 5.18. The van der Waals surface area contributed by atoms with E-state index in [9.17, 15) is 0 Å². The van der Waals surface area contributed by atoms with Crippen molar-refractivity contribution in [1.29, 1.82) is 0 Å². The SMILES string of the molecule is COCCN(C(C)C)C(c1ccc(Cl)cc1)C(C)N. The molecule has 0 aliphatic rings. The Morgan fingerprint density at radius 3 is 2.21 bits per heavy atom. The minimum Gasteiger partial charge on any atom is -0.383 e. The molecule has 0 bridgehead atoms. The number of methoxy groups -OCH3 is 1. The lowest BCUT2D eigenvalue weighted by atomic mass is 9.98. The van der Waals surface area contributed by atoms with E-state index in [1.807, 2.05) is 19.1 Å². The molecule has 2 N–H and O–H groups in total. The van der Waals surface area contributed by atoms with Crippen LogP contribution in [0.3, 0.4) is 0 Å². The molecule has 0 aliphatic carbocycles. The largest absolute Gasteiger partial charge is 0.383 e. The van der Waals surface area contributed by atoms with Gasteiger partial charge in [-0.25, -0.2) is 0 Å². The van der Waals surface area contributed by atoms with E-state index in [1.54, 1.807) is 7.11 Å². The van der Waals surface area contributed by atoms with Gasteiger partial charge in [0.15, 0.2) is 0 Å². The molecular formula is C15H25ClN2O. The van der Waals surface area contributed by atoms with Gasteiger partial charge >= 0.3 is 0 Å². The molecule has 1 aromatic carbocycles. The fourth-order valence-electron chi connectivity index (χ4n) is 2.37. The molecule has 0 fully saturated rings. The van der Waals surface area contributed by atoms with Crippen molar-refractivity contribution in [1.82, 2.24) is 4.90 Å². The van der Waals surface area contributed by atoms with Crippen LogP contribution in [0.25, 0.3) is 0 Å². The monoisotopic (exact) mass is 284 g/mol. The average molecular weight is 285 g/mol. The number of hydrogen-bond acceptors (Lipinski definition) is 3. The van der Waals surface area contributed by atoms with Crippen molar-refractivity contribution in [2.75, 3.05) is 20.3 Å². The molecule has 4 heteroatoms. The molecule has 0 aliphatic heterocycles. The van der Waals surface area contributed by atoms with E-state index >= 15 is 0 Å². The molecule has 2 atom stereocenters. The number of halogens is 1. The van der Waals surface area contributed by atoms with E-state index in [4.69, 9.17) is 22.1 Å². The summed E-state index contributed by atoms with van der Waals surface area (Å²) in [5.41, 5.74) is 7.40. The first-order chi connectivity index (χ1) is 8.97. The minimum atomic E-state index is 0.0421. The van der Waals surface area contributed by atoms with Gasteiger partial charge in [-0.15, -0.1) is 0 Å². The molecule has 0 saturated carbocycles. The zero-order chi connectivity index (χ0) is 14.4. The summed E-state index contributed by atoms with van der Waals surface area (Å²) in [6, 6.07) is 8.56. The maximum atomic E-state index is 6.20. The molecule has 0 heterocycles. The van der Waals surface area contributed by atoms with E-state index in [1.165, 1.54) is 5.56 Å². The average Bonchev–Trinajstić information content (AvgIpc) is 2.35. The van der Waals surface area contributed by atoms with Crippen molar-refractivity contribution in [3.8, 4) is 0 Å². The van der Waals surface area contributed by atoms with Crippen LogP contribution >= 0.6 is 11.6 Å². The van der Waals surface area contributed by atoms with Gasteiger partial charge in [-0.1, -0.05) is 23.7 Å². The third kappa shape index (κ3) is 4.77. The lowest BCUT2D eigenvalue weighted by Crippen LogP contribution is -2.44. The Bertz CT molecular complexity index is 365. The molecule has 3 nitrogen and oxygen atoms in total. The summed E-state index contributed by atoms with van der Waals surface area (Å²) in [6.07, 6.45) is 0. The zero-order valence-electron chi connectivity index (χ0n) is 12.3. The standard InChI is InChI=1S/C15H25ClN2O/c1-11(2)18(9-10-19-4)15(12(3)17)13-5-7-14(16)8-6-13/h5-8,11-12,15H,9-10,17H2,1-4H3. The molecule has 1 aromatic rings. The highest BCUT2D eigenvalue weighted by Gasteiger charge is 2.25. The van der Waals surface area contributed by atoms with Gasteiger partial charge in [-0.3, -0.25) is 4.90 Å². The van der Waals surface area contributed by atoms with Crippen LogP contribution in [0, 0.1) is 0 Å². The van der Waals surface area contributed by atoms with E-state index in [2.05, 4.69) is 30.9 Å². The first-order valence-electron chi connectivity index (χ1n) is 6.73. The van der Waals surface area contributed by atoms with Gasteiger partial charge in [0.05, 0.1) is 6.61 Å². The number of ether oxygens (including phenoxy) is 1. The van der Waals surface area contributed by atoms with Crippen molar-refractivity contribution in [3.63, 3.8) is 0 Å². The highest BCUT2D eigenvalue weighted by Crippen LogP contribution is 2.26. The van der Waals surface area contributed by atoms with Gasteiger partial charge in [-0.2, -0.15) is 0 Å². The van der Waals surface area contributed by atoms with E-state index < -0.39 is 0 Å². The van der Waals surface area contributed by atoms with Gasteiger partial charge < -0.3 is 10.5 Å². The van der Waals surface area contributed by atoms with Gasteiger partial charge in [0, 0.05) is 36.8 Å². The molecule has 0 amide bonds. The van der Waals surface area contributed by atoms with Gasteiger partial charge in [0.1, 0.15) is 0 Å². The molecule has 2 unspecified atom stereocenters. The molecule has 108 valence electrons. The van der Waals surface area contributed by atoms with E-state index in [0.29, 0.717) is 12.6 Å². The quantitative estimate of drug-likeness (QED) is 0.836. The van der Waals surface area contributed by atoms with Crippen LogP contribution in [0.15, 0.2) is 24.3 Å². The van der Waals surface area contributed by atoms with Gasteiger partial charge in [0.2, 0.25) is 0 Å². The molecule has 0 radical (unpaired) electrons. The third-order valence-electron chi connectivity index (χ3n) is 3.28. The highest BCUT2D eigenvalue weighted by atomic mass is 35.5. The third-order valence-corrected chi connectivity index (χ3v) is 3.54. The fourth-order valence-corrected chi connectivity index (χ4v) is 2.50. The number of nitrogens with zero attached hydrogens (tertiary/aromatic N) is 1. The summed E-state index contributed by atoms with van der Waals surface area (Å²) < 4.78 is 5.20. The predicted octanol–water partition coefficient (Wildman–Crippen LogP) is 3.09. The Morgan fingerprint density at radius 1 is 1.21 bits per heavy atom. The summed E-state index contributed by atoms with van der Waals surface area (Å²) in [4.78, 5) is 2.37. The first-order valence-corrected chi connectivity index (χ1v) is 7.11. The Morgan fingerprint density at radius 2 is 1.79 bits per heavy atom. The lowest BCUT2D eigenvalue weighted by Gasteiger charge is -2.37. The van der Waals surface area contributed by atoms with Crippen LogP contribution < -0.4 is 5.73 Å². The Hall–Kier alpha value is -0.610. The number of benzene rings is 1. The first kappa shape index (κ1) is 16.4. The number of rotatable bonds is 7. The van der Waals surface area contributed by atoms with E-state index in [0.717, 1.165) is 11.6 Å². The lowest BCUT2D eigenvalue weighted by molar-refractivity contribution is 0.0863. The molecule has 0 spiro atoms. The van der Waals surface area contributed by atoms with Crippen molar-refractivity contribution in [3.05, 3.63) is 34.9 Å². The maximum Gasteiger partial charge on any atom is 0.0590 e. The summed E-state index contributed by atoms with van der Waals surface area (Å²) >= 11 is 5.96. The maximum absolute atomic E-state index is 6.20. The molecule has 1 rings (SSSR count). The molecule has 19 heavy (non-hydrogen) atoms. The summed E-state index contributed by atoms with van der Waals surface area (Å²) in [5.74, 6) is 0. The van der Waals surface area contributed by atoms with Crippen molar-refractivity contribution < 1.29 is 4.74 Å². The highest BCUT2D eigenvalue weighted by molar-refractivity contribution is 6.30. The smallest absolute Gasteiger partial charge is 0.0590 e. The van der Waals surface area contributed by atoms with Crippen LogP contribution in [0.4, 0.5) is 0 Å². The second-order valence-corrected chi connectivity index (χ2v) is 5.62. The summed E-state index contributed by atoms with van der Waals surface area (Å²) in [5, 5.41) is 0.750.